The highest BCUT2D eigenvalue weighted by Gasteiger charge is 2.39. The van der Waals surface area contributed by atoms with Crippen molar-refractivity contribution in [2.75, 3.05) is 18.5 Å². The highest BCUT2D eigenvalue weighted by Crippen LogP contribution is 2.64. The Morgan fingerprint density at radius 2 is 0.310 bits per heavy atom. The van der Waals surface area contributed by atoms with E-state index in [0.29, 0.717) is 0 Å². The van der Waals surface area contributed by atoms with Crippen LogP contribution < -0.4 is 0 Å². The third kappa shape index (κ3) is 43.1. The van der Waals surface area contributed by atoms with Gasteiger partial charge in [0.05, 0.1) is 24.1 Å². The number of hydrogen-bond donors (Lipinski definition) is 0. The minimum Gasteiger partial charge on any atom is -0.0654 e. The minimum atomic E-state index is -0.833. The first-order chi connectivity index (χ1) is 28.6. The molecule has 0 aliphatic carbocycles. The van der Waals surface area contributed by atoms with Crippen LogP contribution in [0.15, 0.2) is 0 Å². The Morgan fingerprint density at radius 3 is 0.431 bits per heavy atom. The molecule has 58 heavy (non-hydrogen) atoms. The van der Waals surface area contributed by atoms with Gasteiger partial charge < -0.3 is 0 Å². The van der Waals surface area contributed by atoms with E-state index in [1.807, 2.05) is 0 Å². The Morgan fingerprint density at radius 1 is 0.190 bits per heavy atom. The van der Waals surface area contributed by atoms with Crippen LogP contribution >= 0.6 is 7.26 Å². The second kappa shape index (κ2) is 50.1. The standard InChI is InChI=1S/C57H118P/c1-6-9-12-15-18-21-24-27-30-33-36-39-42-45-48-51-54-58(57(4)5,55-52-49-46-43-40-37-34-31-28-25-22-19-16-13-10-7-2)56-53-50-47-44-41-38-35-32-29-26-23-20-17-14-11-8-3/h57H,6-56H2,1-5H3/q+1. The maximum atomic E-state index is 2.65. The van der Waals surface area contributed by atoms with Gasteiger partial charge in [-0.25, -0.2) is 0 Å². The summed E-state index contributed by atoms with van der Waals surface area (Å²) < 4.78 is 0. The topological polar surface area (TPSA) is 0 Å². The highest BCUT2D eigenvalue weighted by molar-refractivity contribution is 7.76. The van der Waals surface area contributed by atoms with Gasteiger partial charge in [0.25, 0.3) is 0 Å². The zero-order valence-corrected chi connectivity index (χ0v) is 43.0. The molecule has 0 aromatic heterocycles. The second-order valence-electron chi connectivity index (χ2n) is 20.4. The summed E-state index contributed by atoms with van der Waals surface area (Å²) in [6.07, 6.45) is 76.2. The van der Waals surface area contributed by atoms with Gasteiger partial charge in [-0.15, -0.1) is 0 Å². The molecule has 1 heteroatoms. The molecule has 350 valence electrons. The molecule has 0 saturated carbocycles. The third-order valence-electron chi connectivity index (χ3n) is 14.5. The van der Waals surface area contributed by atoms with Crippen LogP contribution in [0.4, 0.5) is 0 Å². The first-order valence-electron chi connectivity index (χ1n) is 28.5. The Balaban J connectivity index is 4.32. The van der Waals surface area contributed by atoms with E-state index < -0.39 is 7.26 Å². The minimum absolute atomic E-state index is 0.833. The first kappa shape index (κ1) is 58.4. The van der Waals surface area contributed by atoms with Gasteiger partial charge in [-0.05, 0) is 52.4 Å². The Labute approximate surface area is 372 Å². The maximum absolute atomic E-state index is 2.65. The number of hydrogen-bond acceptors (Lipinski definition) is 0. The van der Waals surface area contributed by atoms with E-state index >= 15 is 0 Å². The molecule has 0 fully saturated rings. The molecule has 0 spiro atoms. The van der Waals surface area contributed by atoms with Crippen molar-refractivity contribution in [1.82, 2.24) is 0 Å². The van der Waals surface area contributed by atoms with Crippen molar-refractivity contribution in [1.29, 1.82) is 0 Å². The molecular formula is C57H118P+. The molecule has 0 aliphatic rings. The van der Waals surface area contributed by atoms with Crippen LogP contribution in [0.1, 0.15) is 343 Å². The fraction of sp³-hybridized carbons (Fsp3) is 1.00. The van der Waals surface area contributed by atoms with E-state index in [1.54, 1.807) is 37.7 Å². The van der Waals surface area contributed by atoms with E-state index in [2.05, 4.69) is 34.6 Å². The average molecular weight is 835 g/mol. The zero-order chi connectivity index (χ0) is 42.1. The predicted molar refractivity (Wildman–Crippen MR) is 275 cm³/mol. The maximum Gasteiger partial charge on any atom is 0.0641 e. The van der Waals surface area contributed by atoms with Gasteiger partial charge in [0.15, 0.2) is 0 Å². The van der Waals surface area contributed by atoms with Crippen LogP contribution in [0.5, 0.6) is 0 Å². The second-order valence-corrected chi connectivity index (χ2v) is 25.2. The Bertz CT molecular complexity index is 624. The molecule has 0 aliphatic heterocycles. The molecule has 0 nitrogen and oxygen atoms in total. The van der Waals surface area contributed by atoms with Crippen LogP contribution in [0, 0.1) is 0 Å². The molecule has 0 bridgehead atoms. The Kier molecular flexibility index (Phi) is 50.5. The molecule has 0 unspecified atom stereocenters. The van der Waals surface area contributed by atoms with Crippen molar-refractivity contribution in [3.8, 4) is 0 Å². The van der Waals surface area contributed by atoms with E-state index in [1.165, 1.54) is 289 Å². The summed E-state index contributed by atoms with van der Waals surface area (Å²) in [7, 11) is -0.833. The zero-order valence-electron chi connectivity index (χ0n) is 42.1. The van der Waals surface area contributed by atoms with Gasteiger partial charge in [0, 0.05) is 7.26 Å². The lowest BCUT2D eigenvalue weighted by Gasteiger charge is -2.32. The van der Waals surface area contributed by atoms with Gasteiger partial charge in [-0.1, -0.05) is 290 Å². The van der Waals surface area contributed by atoms with Gasteiger partial charge in [-0.3, -0.25) is 0 Å². The summed E-state index contributed by atoms with van der Waals surface area (Å²) in [5.41, 5.74) is 0.955. The largest absolute Gasteiger partial charge is 0.0654 e. The smallest absolute Gasteiger partial charge is 0.0641 e. The van der Waals surface area contributed by atoms with E-state index in [9.17, 15) is 0 Å². The van der Waals surface area contributed by atoms with Crippen LogP contribution in [-0.4, -0.2) is 24.1 Å². The van der Waals surface area contributed by atoms with Gasteiger partial charge in [0.2, 0.25) is 0 Å². The number of rotatable bonds is 52. The summed E-state index contributed by atoms with van der Waals surface area (Å²) in [5, 5.41) is 0. The molecule has 0 rings (SSSR count). The fourth-order valence-corrected chi connectivity index (χ4v) is 14.8. The van der Waals surface area contributed by atoms with Crippen LogP contribution in [0.3, 0.4) is 0 Å². The average Bonchev–Trinajstić information content (AvgIpc) is 3.22. The summed E-state index contributed by atoms with van der Waals surface area (Å²) >= 11 is 0. The lowest BCUT2D eigenvalue weighted by molar-refractivity contribution is 0.530. The van der Waals surface area contributed by atoms with Crippen LogP contribution in [0.2, 0.25) is 0 Å². The monoisotopic (exact) mass is 834 g/mol. The first-order valence-corrected chi connectivity index (χ1v) is 30.9. The molecule has 0 amide bonds. The van der Waals surface area contributed by atoms with Gasteiger partial charge in [0.1, 0.15) is 0 Å². The third-order valence-corrected chi connectivity index (χ3v) is 20.3. The Hall–Kier alpha value is 0.430. The fourth-order valence-electron chi connectivity index (χ4n) is 10.0. The van der Waals surface area contributed by atoms with Crippen LogP contribution in [-0.2, 0) is 0 Å². The van der Waals surface area contributed by atoms with Crippen LogP contribution in [0.25, 0.3) is 0 Å². The summed E-state index contributed by atoms with van der Waals surface area (Å²) in [6.45, 7) is 12.3. The van der Waals surface area contributed by atoms with Crippen molar-refractivity contribution in [3.63, 3.8) is 0 Å². The molecule has 0 radical (unpaired) electrons. The SMILES string of the molecule is CCCCCCCCCCCCCCCCCC[P+](CCCCCCCCCCCCCCCCCC)(CCCCCCCCCCCCCCCCCC)C(C)C. The molecular weight excluding hydrogens is 716 g/mol. The summed E-state index contributed by atoms with van der Waals surface area (Å²) in [6, 6.07) is 0. The summed E-state index contributed by atoms with van der Waals surface area (Å²) in [4.78, 5) is 0. The molecule has 0 N–H and O–H groups in total. The van der Waals surface area contributed by atoms with E-state index in [0.717, 1.165) is 5.66 Å². The molecule has 0 saturated heterocycles. The predicted octanol–water partition coefficient (Wildman–Crippen LogP) is 22.2. The van der Waals surface area contributed by atoms with Gasteiger partial charge in [-0.2, -0.15) is 0 Å². The van der Waals surface area contributed by atoms with Crippen molar-refractivity contribution in [3.05, 3.63) is 0 Å². The quantitative estimate of drug-likeness (QED) is 0.0423. The lowest BCUT2D eigenvalue weighted by atomic mass is 10.0. The number of unbranched alkanes of at least 4 members (excludes halogenated alkanes) is 45. The van der Waals surface area contributed by atoms with Crippen molar-refractivity contribution >= 4 is 7.26 Å². The molecule has 0 aromatic rings. The van der Waals surface area contributed by atoms with Crippen molar-refractivity contribution in [2.24, 2.45) is 0 Å². The molecule has 0 heterocycles. The highest BCUT2D eigenvalue weighted by atomic mass is 31.2. The molecule has 0 atom stereocenters. The van der Waals surface area contributed by atoms with Gasteiger partial charge >= 0.3 is 0 Å². The molecule has 0 aromatic carbocycles. The van der Waals surface area contributed by atoms with E-state index in [-0.39, 0.29) is 0 Å². The van der Waals surface area contributed by atoms with E-state index in [4.69, 9.17) is 0 Å². The van der Waals surface area contributed by atoms with Crippen molar-refractivity contribution in [2.45, 2.75) is 348 Å². The normalized spacial score (nSPS) is 12.1. The summed E-state index contributed by atoms with van der Waals surface area (Å²) in [5.74, 6) is 0. The van der Waals surface area contributed by atoms with Crippen molar-refractivity contribution < 1.29 is 0 Å². The lowest BCUT2D eigenvalue weighted by Crippen LogP contribution is -2.18.